The van der Waals surface area contributed by atoms with Crippen molar-refractivity contribution in [3.05, 3.63) is 59.8 Å². The molecule has 3 atom stereocenters. The van der Waals surface area contributed by atoms with Crippen molar-refractivity contribution in [2.24, 2.45) is 12.3 Å². The second-order valence-corrected chi connectivity index (χ2v) is 13.5. The van der Waals surface area contributed by atoms with Crippen LogP contribution in [0.15, 0.2) is 54.3 Å². The van der Waals surface area contributed by atoms with Gasteiger partial charge in [0.05, 0.1) is 41.7 Å². The molecule has 3 N–H and O–H groups in total. The number of nitrogens with one attached hydrogen (secondary N) is 3. The molecule has 1 saturated carbocycles. The van der Waals surface area contributed by atoms with Gasteiger partial charge in [-0.1, -0.05) is 22.9 Å². The molecule has 3 aromatic heterocycles. The summed E-state index contributed by atoms with van der Waals surface area (Å²) < 4.78 is 22.0. The van der Waals surface area contributed by atoms with Crippen LogP contribution in [0.3, 0.4) is 0 Å². The molecule has 15 nitrogen and oxygen atoms in total. The summed E-state index contributed by atoms with van der Waals surface area (Å²) in [4.78, 5) is 11.8. The minimum Gasteiger partial charge on any atom is -0.487 e. The van der Waals surface area contributed by atoms with Gasteiger partial charge in [-0.3, -0.25) is 19.7 Å². The average molecular weight is 705 g/mol. The van der Waals surface area contributed by atoms with E-state index in [1.54, 1.807) is 29.3 Å². The van der Waals surface area contributed by atoms with Crippen molar-refractivity contribution < 1.29 is 14.2 Å². The zero-order valence-electron chi connectivity index (χ0n) is 28.9. The van der Waals surface area contributed by atoms with Crippen molar-refractivity contribution >= 4 is 29.6 Å². The number of nitrogens with zero attached hydrogens (tertiary/aromatic N) is 9. The van der Waals surface area contributed by atoms with Gasteiger partial charge in [0.1, 0.15) is 30.5 Å². The van der Waals surface area contributed by atoms with Crippen molar-refractivity contribution in [1.29, 1.82) is 10.9 Å². The van der Waals surface area contributed by atoms with Gasteiger partial charge in [0.25, 0.3) is 5.88 Å². The molecule has 0 bridgehead atoms. The summed E-state index contributed by atoms with van der Waals surface area (Å²) in [7, 11) is 1.89. The van der Waals surface area contributed by atoms with Crippen LogP contribution in [0.1, 0.15) is 58.2 Å². The minimum atomic E-state index is -0.371. The van der Waals surface area contributed by atoms with E-state index in [0.29, 0.717) is 40.9 Å². The van der Waals surface area contributed by atoms with Gasteiger partial charge in [-0.05, 0) is 70.2 Å². The summed E-state index contributed by atoms with van der Waals surface area (Å²) in [5, 5.41) is 24.7. The van der Waals surface area contributed by atoms with E-state index < -0.39 is 0 Å². The fourth-order valence-corrected chi connectivity index (χ4v) is 6.88. The summed E-state index contributed by atoms with van der Waals surface area (Å²) in [6.45, 7) is 8.68. The Morgan fingerprint density at radius 1 is 1.10 bits per heavy atom. The third kappa shape index (κ3) is 8.57. The third-order valence-electron chi connectivity index (χ3n) is 9.19. The van der Waals surface area contributed by atoms with E-state index in [0.717, 1.165) is 61.9 Å². The molecule has 4 heterocycles. The predicted molar refractivity (Wildman–Crippen MR) is 189 cm³/mol. The van der Waals surface area contributed by atoms with Crippen LogP contribution in [0.5, 0.6) is 11.6 Å². The number of rotatable bonds is 14. The zero-order chi connectivity index (χ0) is 35.2. The lowest BCUT2D eigenvalue weighted by atomic mass is 9.89. The maximum atomic E-state index is 7.34. The van der Waals surface area contributed by atoms with E-state index >= 15 is 0 Å². The first-order chi connectivity index (χ1) is 24.2. The molecule has 2 aliphatic rings. The maximum absolute atomic E-state index is 7.34. The van der Waals surface area contributed by atoms with Crippen LogP contribution in [-0.2, 0) is 18.4 Å². The van der Waals surface area contributed by atoms with Crippen LogP contribution < -0.4 is 14.8 Å². The Morgan fingerprint density at radius 2 is 1.82 bits per heavy atom. The van der Waals surface area contributed by atoms with Gasteiger partial charge in [0, 0.05) is 50.3 Å². The van der Waals surface area contributed by atoms with Crippen molar-refractivity contribution in [3.8, 4) is 22.8 Å². The highest BCUT2D eigenvalue weighted by Gasteiger charge is 2.32. The van der Waals surface area contributed by atoms with Crippen molar-refractivity contribution in [3.63, 3.8) is 0 Å². The van der Waals surface area contributed by atoms with E-state index in [4.69, 9.17) is 41.9 Å². The molecule has 6 rings (SSSR count). The third-order valence-corrected chi connectivity index (χ3v) is 9.51. The molecule has 16 heteroatoms. The molecule has 266 valence electrons. The number of ether oxygens (including phenoxy) is 3. The quantitative estimate of drug-likeness (QED) is 0.0589. The van der Waals surface area contributed by atoms with Crippen molar-refractivity contribution in [2.75, 3.05) is 25.0 Å². The van der Waals surface area contributed by atoms with Crippen LogP contribution in [-0.4, -0.2) is 89.8 Å². The number of benzene rings is 1. The molecule has 1 aromatic carbocycles. The van der Waals surface area contributed by atoms with Gasteiger partial charge in [0.15, 0.2) is 0 Å². The molecule has 0 spiro atoms. The van der Waals surface area contributed by atoms with Crippen LogP contribution in [0.25, 0.3) is 11.1 Å². The number of anilines is 2. The molecule has 1 unspecified atom stereocenters. The maximum Gasteiger partial charge on any atom is 0.257 e. The molecule has 50 heavy (non-hydrogen) atoms. The lowest BCUT2D eigenvalue weighted by molar-refractivity contribution is -0.0852. The molecule has 0 radical (unpaired) electrons. The normalized spacial score (nSPS) is 21.7. The van der Waals surface area contributed by atoms with Gasteiger partial charge in [0.2, 0.25) is 5.95 Å². The van der Waals surface area contributed by atoms with Gasteiger partial charge >= 0.3 is 0 Å². The SMILES string of the molecule is CC1CN([C@H]2CC[C@H](n3cc(Nc4ncc(-c5ccc(Cl)c(O[C@@H](C)CN(C=N)N=N)c5)cn4)c(OCc4ccnn4C)n3)CC2)C[C@H](C)O1. The smallest absolute Gasteiger partial charge is 0.257 e. The first kappa shape index (κ1) is 35.2. The molecule has 4 aromatic rings. The van der Waals surface area contributed by atoms with Gasteiger partial charge < -0.3 is 19.5 Å². The Bertz CT molecular complexity index is 1720. The second-order valence-electron chi connectivity index (χ2n) is 13.1. The molecular formula is C34H45ClN12O3. The minimum absolute atomic E-state index is 0.232. The first-order valence-electron chi connectivity index (χ1n) is 17.0. The van der Waals surface area contributed by atoms with Gasteiger partial charge in [-0.2, -0.15) is 10.6 Å². The van der Waals surface area contributed by atoms with Crippen LogP contribution in [0, 0.1) is 10.9 Å². The zero-order valence-corrected chi connectivity index (χ0v) is 29.6. The molecule has 0 amide bonds. The highest BCUT2D eigenvalue weighted by Crippen LogP contribution is 2.36. The van der Waals surface area contributed by atoms with E-state index in [1.807, 2.05) is 43.0 Å². The van der Waals surface area contributed by atoms with Crippen LogP contribution in [0.4, 0.5) is 11.6 Å². The van der Waals surface area contributed by atoms with E-state index in [-0.39, 0.29) is 30.9 Å². The fraction of sp³-hybridized carbons (Fsp3) is 0.500. The average Bonchev–Trinajstić information content (AvgIpc) is 3.72. The van der Waals surface area contributed by atoms with Crippen LogP contribution in [0.2, 0.25) is 5.02 Å². The first-order valence-corrected chi connectivity index (χ1v) is 17.4. The number of morpholine rings is 1. The monoisotopic (exact) mass is 704 g/mol. The topological polar surface area (TPSA) is 168 Å². The molecule has 1 aliphatic carbocycles. The van der Waals surface area contributed by atoms with E-state index in [2.05, 4.69) is 44.4 Å². The largest absolute Gasteiger partial charge is 0.487 e. The molecule has 2 fully saturated rings. The Hall–Kier alpha value is -4.60. The highest BCUT2D eigenvalue weighted by molar-refractivity contribution is 6.32. The Balaban J connectivity index is 1.15. The molecule has 1 saturated heterocycles. The summed E-state index contributed by atoms with van der Waals surface area (Å²) in [6.07, 6.45) is 12.6. The Labute approximate surface area is 296 Å². The highest BCUT2D eigenvalue weighted by atomic mass is 35.5. The summed E-state index contributed by atoms with van der Waals surface area (Å²) in [5.41, 5.74) is 10.4. The Kier molecular flexibility index (Phi) is 11.2. The number of halogens is 1. The Morgan fingerprint density at radius 3 is 2.48 bits per heavy atom. The predicted octanol–water partition coefficient (Wildman–Crippen LogP) is 6.26. The van der Waals surface area contributed by atoms with Crippen LogP contribution >= 0.6 is 11.6 Å². The summed E-state index contributed by atoms with van der Waals surface area (Å²) in [5.74, 6) is 1.35. The number of hydrogen-bond donors (Lipinski definition) is 3. The van der Waals surface area contributed by atoms with Gasteiger partial charge in [-0.25, -0.2) is 15.0 Å². The number of aromatic nitrogens is 6. The molecule has 1 aliphatic heterocycles. The fourth-order valence-electron chi connectivity index (χ4n) is 6.72. The van der Waals surface area contributed by atoms with E-state index in [9.17, 15) is 0 Å². The van der Waals surface area contributed by atoms with Crippen molar-refractivity contribution in [1.82, 2.24) is 39.4 Å². The van der Waals surface area contributed by atoms with Crippen molar-refractivity contribution in [2.45, 2.75) is 83.5 Å². The number of aryl methyl sites for hydroxylation is 1. The number of hydrogen-bond acceptors (Lipinski definition) is 12. The summed E-state index contributed by atoms with van der Waals surface area (Å²) >= 11 is 6.42. The van der Waals surface area contributed by atoms with E-state index in [1.165, 1.54) is 5.01 Å². The van der Waals surface area contributed by atoms with Gasteiger partial charge in [-0.15, -0.1) is 5.10 Å². The summed E-state index contributed by atoms with van der Waals surface area (Å²) in [6, 6.07) is 8.20. The lowest BCUT2D eigenvalue weighted by Crippen LogP contribution is -2.51. The lowest BCUT2D eigenvalue weighted by Gasteiger charge is -2.42. The standard InChI is InChI=1S/C34H45ClN12O3/c1-22-16-45(17-23(2)49-22)27-6-8-28(9-7-27)47-19-31(33(42-47)48-20-29-11-12-40-44(29)4)41-34-38-14-26(15-39-34)25-5-10-30(35)32(13-25)50-24(3)18-46(21-36)43-37/h5,10-15,19,21-24,27-28,36-37H,6-9,16-18,20H2,1-4H3,(H,38,39,41)/t22-,23?,24-,27-,28-/m0/s1. The second kappa shape index (κ2) is 16.0. The molecular weight excluding hydrogens is 660 g/mol.